The Morgan fingerprint density at radius 1 is 1.00 bits per heavy atom. The molecule has 0 saturated heterocycles. The van der Waals surface area contributed by atoms with Gasteiger partial charge in [-0.15, -0.1) is 0 Å². The first kappa shape index (κ1) is 12.8. The fourth-order valence-electron chi connectivity index (χ4n) is 2.62. The van der Waals surface area contributed by atoms with Crippen LogP contribution in [0.1, 0.15) is 51.4 Å². The van der Waals surface area contributed by atoms with Gasteiger partial charge in [-0.05, 0) is 68.9 Å². The molecule has 2 heteroatoms. The Hall–Kier alpha value is 0.310. The Morgan fingerprint density at radius 2 is 1.62 bits per heavy atom. The number of thioether (sulfide) groups is 1. The molecule has 0 atom stereocenters. The van der Waals surface area contributed by atoms with Gasteiger partial charge in [-0.3, -0.25) is 0 Å². The van der Waals surface area contributed by atoms with Gasteiger partial charge in [0.2, 0.25) is 0 Å². The smallest absolute Gasteiger partial charge is 0.0124 e. The molecule has 0 amide bonds. The topological polar surface area (TPSA) is 12.0 Å². The highest BCUT2D eigenvalue weighted by Gasteiger charge is 2.40. The fraction of sp³-hybridized carbons (Fsp3) is 1.00. The van der Waals surface area contributed by atoms with E-state index >= 15 is 0 Å². The standard InChI is InChI=1S/C14H27NS/c1-16-11-5-3-2-4-10-15-14(12-6-7-12)13-8-9-13/h12-15H,2-11H2,1H3. The lowest BCUT2D eigenvalue weighted by molar-refractivity contribution is 0.410. The van der Waals surface area contributed by atoms with Crippen LogP contribution in [0.4, 0.5) is 0 Å². The summed E-state index contributed by atoms with van der Waals surface area (Å²) in [6.07, 6.45) is 13.9. The third kappa shape index (κ3) is 4.67. The van der Waals surface area contributed by atoms with Gasteiger partial charge in [-0.1, -0.05) is 12.8 Å². The van der Waals surface area contributed by atoms with E-state index in [2.05, 4.69) is 11.6 Å². The highest BCUT2D eigenvalue weighted by Crippen LogP contribution is 2.44. The van der Waals surface area contributed by atoms with Crippen molar-refractivity contribution in [1.82, 2.24) is 5.32 Å². The minimum atomic E-state index is 0.909. The molecule has 0 aromatic rings. The molecule has 0 spiro atoms. The second-order valence-electron chi connectivity index (χ2n) is 5.56. The highest BCUT2D eigenvalue weighted by molar-refractivity contribution is 7.98. The quantitative estimate of drug-likeness (QED) is 0.586. The van der Waals surface area contributed by atoms with Crippen molar-refractivity contribution in [3.8, 4) is 0 Å². The van der Waals surface area contributed by atoms with E-state index in [4.69, 9.17) is 0 Å². The van der Waals surface area contributed by atoms with E-state index in [1.807, 2.05) is 11.8 Å². The van der Waals surface area contributed by atoms with Crippen molar-refractivity contribution in [1.29, 1.82) is 0 Å². The zero-order chi connectivity index (χ0) is 11.2. The van der Waals surface area contributed by atoms with Crippen molar-refractivity contribution < 1.29 is 0 Å². The molecule has 2 aliphatic carbocycles. The molecule has 94 valence electrons. The van der Waals surface area contributed by atoms with Crippen LogP contribution in [0.25, 0.3) is 0 Å². The second kappa shape index (κ2) is 6.90. The number of rotatable bonds is 10. The molecule has 0 unspecified atom stereocenters. The lowest BCUT2D eigenvalue weighted by Gasteiger charge is -2.17. The second-order valence-corrected chi connectivity index (χ2v) is 6.55. The zero-order valence-corrected chi connectivity index (χ0v) is 11.5. The molecule has 0 aliphatic heterocycles. The minimum absolute atomic E-state index is 0.909. The van der Waals surface area contributed by atoms with Gasteiger partial charge in [-0.2, -0.15) is 11.8 Å². The van der Waals surface area contributed by atoms with E-state index < -0.39 is 0 Å². The summed E-state index contributed by atoms with van der Waals surface area (Å²) in [6, 6.07) is 0.909. The van der Waals surface area contributed by atoms with Crippen molar-refractivity contribution in [2.75, 3.05) is 18.6 Å². The van der Waals surface area contributed by atoms with E-state index in [-0.39, 0.29) is 0 Å². The summed E-state index contributed by atoms with van der Waals surface area (Å²) in [7, 11) is 0. The molecule has 2 rings (SSSR count). The van der Waals surface area contributed by atoms with Crippen molar-refractivity contribution in [2.45, 2.75) is 57.4 Å². The monoisotopic (exact) mass is 241 g/mol. The predicted octanol–water partition coefficient (Wildman–Crippen LogP) is 3.69. The molecule has 2 saturated carbocycles. The maximum atomic E-state index is 3.83. The third-order valence-corrected chi connectivity index (χ3v) is 4.61. The van der Waals surface area contributed by atoms with E-state index in [1.54, 1.807) is 0 Å². The summed E-state index contributed by atoms with van der Waals surface area (Å²) < 4.78 is 0. The van der Waals surface area contributed by atoms with Gasteiger partial charge in [0.1, 0.15) is 0 Å². The van der Waals surface area contributed by atoms with Crippen LogP contribution in [0, 0.1) is 11.8 Å². The summed E-state index contributed by atoms with van der Waals surface area (Å²) >= 11 is 1.98. The van der Waals surface area contributed by atoms with Crippen LogP contribution < -0.4 is 5.32 Å². The SMILES string of the molecule is CSCCCCCCNC(C1CC1)C1CC1. The van der Waals surface area contributed by atoms with Crippen LogP contribution >= 0.6 is 11.8 Å². The molecule has 16 heavy (non-hydrogen) atoms. The summed E-state index contributed by atoms with van der Waals surface area (Å²) in [5.41, 5.74) is 0. The van der Waals surface area contributed by atoms with Gasteiger partial charge in [0.05, 0.1) is 0 Å². The van der Waals surface area contributed by atoms with E-state index in [0.717, 1.165) is 17.9 Å². The number of hydrogen-bond donors (Lipinski definition) is 1. The normalized spacial score (nSPS) is 20.6. The van der Waals surface area contributed by atoms with Gasteiger partial charge in [0, 0.05) is 6.04 Å². The van der Waals surface area contributed by atoms with Crippen LogP contribution in [-0.4, -0.2) is 24.6 Å². The van der Waals surface area contributed by atoms with Crippen molar-refractivity contribution in [2.24, 2.45) is 11.8 Å². The largest absolute Gasteiger partial charge is 0.313 e. The lowest BCUT2D eigenvalue weighted by atomic mass is 10.1. The summed E-state index contributed by atoms with van der Waals surface area (Å²) in [4.78, 5) is 0. The number of unbranched alkanes of at least 4 members (excludes halogenated alkanes) is 3. The zero-order valence-electron chi connectivity index (χ0n) is 10.7. The first-order chi connectivity index (χ1) is 7.92. The molecular formula is C14H27NS. The molecule has 0 aromatic heterocycles. The Balaban J connectivity index is 1.44. The van der Waals surface area contributed by atoms with Crippen molar-refractivity contribution in [3.05, 3.63) is 0 Å². The molecule has 2 fully saturated rings. The first-order valence-corrected chi connectivity index (χ1v) is 8.53. The maximum absolute atomic E-state index is 3.83. The number of hydrogen-bond acceptors (Lipinski definition) is 2. The van der Waals surface area contributed by atoms with Crippen LogP contribution in [0.3, 0.4) is 0 Å². The molecule has 0 radical (unpaired) electrons. The van der Waals surface area contributed by atoms with Crippen LogP contribution in [0.5, 0.6) is 0 Å². The lowest BCUT2D eigenvalue weighted by Crippen LogP contribution is -2.33. The average Bonchev–Trinajstić information content (AvgIpc) is 3.16. The Bertz CT molecular complexity index is 175. The first-order valence-electron chi connectivity index (χ1n) is 7.14. The highest BCUT2D eigenvalue weighted by atomic mass is 32.2. The molecule has 1 N–H and O–H groups in total. The van der Waals surface area contributed by atoms with Crippen molar-refractivity contribution >= 4 is 11.8 Å². The van der Waals surface area contributed by atoms with E-state index in [9.17, 15) is 0 Å². The van der Waals surface area contributed by atoms with E-state index in [0.29, 0.717) is 0 Å². The molecular weight excluding hydrogens is 214 g/mol. The van der Waals surface area contributed by atoms with Gasteiger partial charge in [-0.25, -0.2) is 0 Å². The third-order valence-electron chi connectivity index (χ3n) is 3.92. The van der Waals surface area contributed by atoms with Crippen LogP contribution in [0.15, 0.2) is 0 Å². The summed E-state index contributed by atoms with van der Waals surface area (Å²) in [6.45, 7) is 1.27. The number of nitrogens with one attached hydrogen (secondary N) is 1. The molecule has 0 heterocycles. The van der Waals surface area contributed by atoms with Gasteiger partial charge >= 0.3 is 0 Å². The predicted molar refractivity (Wildman–Crippen MR) is 74.1 cm³/mol. The molecule has 0 bridgehead atoms. The minimum Gasteiger partial charge on any atom is -0.313 e. The van der Waals surface area contributed by atoms with Crippen LogP contribution in [0.2, 0.25) is 0 Å². The van der Waals surface area contributed by atoms with Gasteiger partial charge < -0.3 is 5.32 Å². The maximum Gasteiger partial charge on any atom is 0.0124 e. The fourth-order valence-corrected chi connectivity index (χ4v) is 3.12. The Labute approximate surface area is 105 Å². The van der Waals surface area contributed by atoms with Gasteiger partial charge in [0.25, 0.3) is 0 Å². The summed E-state index contributed by atoms with van der Waals surface area (Å²) in [5.74, 6) is 3.47. The van der Waals surface area contributed by atoms with Gasteiger partial charge in [0.15, 0.2) is 0 Å². The Kier molecular flexibility index (Phi) is 5.51. The van der Waals surface area contributed by atoms with E-state index in [1.165, 1.54) is 63.7 Å². The molecule has 2 aliphatic rings. The van der Waals surface area contributed by atoms with Crippen molar-refractivity contribution in [3.63, 3.8) is 0 Å². The molecule has 1 nitrogen and oxygen atoms in total. The summed E-state index contributed by atoms with van der Waals surface area (Å²) in [5, 5.41) is 3.83. The van der Waals surface area contributed by atoms with Crippen LogP contribution in [-0.2, 0) is 0 Å². The molecule has 0 aromatic carbocycles. The Morgan fingerprint density at radius 3 is 2.19 bits per heavy atom. The average molecular weight is 241 g/mol.